The smallest absolute Gasteiger partial charge is 0.310 e. The first kappa shape index (κ1) is 10.7. The second kappa shape index (κ2) is 4.77. The number of carbonyl (C=O) groups excluding carboxylic acids is 1. The summed E-state index contributed by atoms with van der Waals surface area (Å²) in [7, 11) is 0. The number of quaternary nitrogens is 1. The quantitative estimate of drug-likeness (QED) is 0.729. The van der Waals surface area contributed by atoms with Crippen LogP contribution in [0.25, 0.3) is 0 Å². The van der Waals surface area contributed by atoms with Crippen LogP contribution in [-0.2, 0) is 16.0 Å². The van der Waals surface area contributed by atoms with Crippen LogP contribution < -0.4 is 5.73 Å². The van der Waals surface area contributed by atoms with Crippen molar-refractivity contribution in [2.24, 2.45) is 0 Å². The highest BCUT2D eigenvalue weighted by atomic mass is 16.5. The number of aryl methyl sites for hydroxylation is 1. The van der Waals surface area contributed by atoms with Gasteiger partial charge in [0.1, 0.15) is 5.69 Å². The third-order valence-corrected chi connectivity index (χ3v) is 2.00. The van der Waals surface area contributed by atoms with Gasteiger partial charge < -0.3 is 10.5 Å². The Morgan fingerprint density at radius 1 is 1.50 bits per heavy atom. The Morgan fingerprint density at radius 3 is 2.79 bits per heavy atom. The zero-order chi connectivity index (χ0) is 10.6. The lowest BCUT2D eigenvalue weighted by atomic mass is 10.1. The average molecular weight is 194 g/mol. The normalized spacial score (nSPS) is 9.93. The van der Waals surface area contributed by atoms with E-state index >= 15 is 0 Å². The summed E-state index contributed by atoms with van der Waals surface area (Å²) in [6.07, 6.45) is 0.312. The molecule has 3 heteroatoms. The van der Waals surface area contributed by atoms with Crippen LogP contribution in [0.4, 0.5) is 5.69 Å². The summed E-state index contributed by atoms with van der Waals surface area (Å²) in [5, 5.41) is 0. The van der Waals surface area contributed by atoms with Crippen molar-refractivity contribution in [2.75, 3.05) is 6.61 Å². The molecule has 1 rings (SSSR count). The Balaban J connectivity index is 2.72. The number of hydrogen-bond donors (Lipinski definition) is 1. The fraction of sp³-hybridized carbons (Fsp3) is 0.364. The Bertz CT molecular complexity index is 334. The highest BCUT2D eigenvalue weighted by molar-refractivity contribution is 5.74. The maximum atomic E-state index is 11.2. The molecule has 0 aromatic heterocycles. The molecule has 0 spiro atoms. The van der Waals surface area contributed by atoms with Gasteiger partial charge in [-0.15, -0.1) is 0 Å². The summed E-state index contributed by atoms with van der Waals surface area (Å²) >= 11 is 0. The minimum absolute atomic E-state index is 0.193. The van der Waals surface area contributed by atoms with E-state index in [1.165, 1.54) is 0 Å². The second-order valence-electron chi connectivity index (χ2n) is 3.25. The third kappa shape index (κ3) is 2.85. The topological polar surface area (TPSA) is 53.9 Å². The van der Waals surface area contributed by atoms with Gasteiger partial charge in [-0.2, -0.15) is 0 Å². The lowest BCUT2D eigenvalue weighted by Gasteiger charge is -2.03. The highest BCUT2D eigenvalue weighted by Gasteiger charge is 2.08. The van der Waals surface area contributed by atoms with Crippen molar-refractivity contribution in [1.82, 2.24) is 0 Å². The van der Waals surface area contributed by atoms with Gasteiger partial charge in [0.2, 0.25) is 0 Å². The number of rotatable bonds is 3. The van der Waals surface area contributed by atoms with Crippen LogP contribution in [0.1, 0.15) is 18.1 Å². The van der Waals surface area contributed by atoms with Gasteiger partial charge in [0.05, 0.1) is 13.0 Å². The molecule has 0 fully saturated rings. The van der Waals surface area contributed by atoms with Crippen molar-refractivity contribution < 1.29 is 15.3 Å². The van der Waals surface area contributed by atoms with E-state index in [2.05, 4.69) is 5.73 Å². The molecule has 0 aliphatic rings. The monoisotopic (exact) mass is 194 g/mol. The van der Waals surface area contributed by atoms with Gasteiger partial charge in [-0.1, -0.05) is 12.1 Å². The van der Waals surface area contributed by atoms with Crippen LogP contribution in [-0.4, -0.2) is 12.6 Å². The molecular formula is C11H16NO2+. The highest BCUT2D eigenvalue weighted by Crippen LogP contribution is 2.13. The zero-order valence-corrected chi connectivity index (χ0v) is 8.67. The van der Waals surface area contributed by atoms with E-state index in [-0.39, 0.29) is 5.97 Å². The van der Waals surface area contributed by atoms with Crippen LogP contribution in [0.2, 0.25) is 0 Å². The molecule has 76 valence electrons. The molecule has 0 heterocycles. The lowest BCUT2D eigenvalue weighted by Crippen LogP contribution is -2.41. The van der Waals surface area contributed by atoms with Crippen molar-refractivity contribution in [3.63, 3.8) is 0 Å². The van der Waals surface area contributed by atoms with E-state index in [0.29, 0.717) is 13.0 Å². The molecule has 0 saturated heterocycles. The SMILES string of the molecule is CCOC(=O)Cc1ccc(C)cc1[NH3+]. The van der Waals surface area contributed by atoms with Crippen LogP contribution in [0, 0.1) is 6.92 Å². The van der Waals surface area contributed by atoms with Crippen molar-refractivity contribution in [3.05, 3.63) is 29.3 Å². The molecule has 0 saturated carbocycles. The fourth-order valence-electron chi connectivity index (χ4n) is 1.29. The summed E-state index contributed by atoms with van der Waals surface area (Å²) in [5.74, 6) is -0.193. The van der Waals surface area contributed by atoms with Crippen LogP contribution >= 0.6 is 0 Å². The lowest BCUT2D eigenvalue weighted by molar-refractivity contribution is -0.255. The maximum absolute atomic E-state index is 11.2. The Labute approximate surface area is 83.9 Å². The van der Waals surface area contributed by atoms with Gasteiger partial charge in [-0.05, 0) is 19.4 Å². The molecule has 3 N–H and O–H groups in total. The molecule has 3 nitrogen and oxygen atoms in total. The van der Waals surface area contributed by atoms with Gasteiger partial charge in [0.25, 0.3) is 0 Å². The molecule has 0 atom stereocenters. The van der Waals surface area contributed by atoms with E-state index < -0.39 is 0 Å². The summed E-state index contributed by atoms with van der Waals surface area (Å²) in [5.41, 5.74) is 6.88. The second-order valence-corrected chi connectivity index (χ2v) is 3.25. The van der Waals surface area contributed by atoms with Crippen LogP contribution in [0.5, 0.6) is 0 Å². The zero-order valence-electron chi connectivity index (χ0n) is 8.67. The van der Waals surface area contributed by atoms with Gasteiger partial charge in [0, 0.05) is 11.6 Å². The average Bonchev–Trinajstić information content (AvgIpc) is 2.10. The predicted molar refractivity (Wildman–Crippen MR) is 54.1 cm³/mol. The van der Waals surface area contributed by atoms with E-state index in [1.54, 1.807) is 6.92 Å². The van der Waals surface area contributed by atoms with E-state index in [1.807, 2.05) is 25.1 Å². The largest absolute Gasteiger partial charge is 0.466 e. The molecular weight excluding hydrogens is 178 g/mol. The molecule has 0 bridgehead atoms. The number of hydrogen-bond acceptors (Lipinski definition) is 2. The summed E-state index contributed by atoms with van der Waals surface area (Å²) in [6.45, 7) is 4.23. The molecule has 1 aromatic carbocycles. The van der Waals surface area contributed by atoms with E-state index in [9.17, 15) is 4.79 Å². The fourth-order valence-corrected chi connectivity index (χ4v) is 1.29. The molecule has 14 heavy (non-hydrogen) atoms. The maximum Gasteiger partial charge on any atom is 0.310 e. The molecule has 1 aromatic rings. The Kier molecular flexibility index (Phi) is 3.65. The summed E-state index contributed by atoms with van der Waals surface area (Å²) in [4.78, 5) is 11.2. The van der Waals surface area contributed by atoms with Crippen LogP contribution in [0.15, 0.2) is 18.2 Å². The summed E-state index contributed by atoms with van der Waals surface area (Å²) in [6, 6.07) is 5.87. The van der Waals surface area contributed by atoms with E-state index in [0.717, 1.165) is 16.8 Å². The van der Waals surface area contributed by atoms with Gasteiger partial charge in [0.15, 0.2) is 0 Å². The van der Waals surface area contributed by atoms with Gasteiger partial charge >= 0.3 is 5.97 Å². The molecule has 0 aliphatic carbocycles. The molecule has 0 unspecified atom stereocenters. The number of carbonyl (C=O) groups is 1. The number of benzene rings is 1. The minimum Gasteiger partial charge on any atom is -0.466 e. The third-order valence-electron chi connectivity index (χ3n) is 2.00. The predicted octanol–water partition coefficient (Wildman–Crippen LogP) is 0.974. The number of ether oxygens (including phenoxy) is 1. The molecule has 0 amide bonds. The van der Waals surface area contributed by atoms with Gasteiger partial charge in [-0.25, -0.2) is 0 Å². The molecule has 0 radical (unpaired) electrons. The van der Waals surface area contributed by atoms with Crippen molar-refractivity contribution in [3.8, 4) is 0 Å². The standard InChI is InChI=1S/C11H15NO2/c1-3-14-11(13)7-9-5-4-8(2)6-10(9)12/h4-6H,3,7,12H2,1-2H3/p+1. The summed E-state index contributed by atoms with van der Waals surface area (Å²) < 4.78 is 4.86. The Hall–Kier alpha value is -1.35. The first-order chi connectivity index (χ1) is 6.63. The minimum atomic E-state index is -0.193. The van der Waals surface area contributed by atoms with Crippen molar-refractivity contribution >= 4 is 11.7 Å². The Morgan fingerprint density at radius 2 is 2.21 bits per heavy atom. The first-order valence-electron chi connectivity index (χ1n) is 4.70. The van der Waals surface area contributed by atoms with Gasteiger partial charge in [-0.3, -0.25) is 4.79 Å². The van der Waals surface area contributed by atoms with Crippen molar-refractivity contribution in [2.45, 2.75) is 20.3 Å². The molecule has 0 aliphatic heterocycles. The van der Waals surface area contributed by atoms with Crippen LogP contribution in [0.3, 0.4) is 0 Å². The van der Waals surface area contributed by atoms with E-state index in [4.69, 9.17) is 4.74 Å². The number of esters is 1. The first-order valence-corrected chi connectivity index (χ1v) is 4.70. The van der Waals surface area contributed by atoms with Crippen molar-refractivity contribution in [1.29, 1.82) is 0 Å².